The molecule has 3 heterocycles. The molecule has 2 aromatic rings. The van der Waals surface area contributed by atoms with Crippen molar-refractivity contribution in [2.24, 2.45) is 0 Å². The number of ether oxygens (including phenoxy) is 1. The summed E-state index contributed by atoms with van der Waals surface area (Å²) in [5.74, 6) is 0.484. The van der Waals surface area contributed by atoms with Crippen LogP contribution in [-0.2, 0) is 22.6 Å². The number of carbonyl (C=O) groups is 1. The molecular formula is C27H29ClN4O3S2. The first kappa shape index (κ1) is 27.4. The summed E-state index contributed by atoms with van der Waals surface area (Å²) in [6.07, 6.45) is 2.43. The summed E-state index contributed by atoms with van der Waals surface area (Å²) >= 11 is 13.1. The third-order valence-corrected chi connectivity index (χ3v) is 8.19. The van der Waals surface area contributed by atoms with E-state index < -0.39 is 0 Å². The lowest BCUT2D eigenvalue weighted by molar-refractivity contribution is -0.122. The molecule has 4 rings (SSSR count). The van der Waals surface area contributed by atoms with Crippen LogP contribution in [0, 0.1) is 18.3 Å². The number of thioether (sulfide) groups is 1. The minimum atomic E-state index is -0.313. The Morgan fingerprint density at radius 1 is 1.24 bits per heavy atom. The second-order valence-corrected chi connectivity index (χ2v) is 11.4. The molecule has 7 nitrogen and oxygen atoms in total. The number of anilines is 1. The van der Waals surface area contributed by atoms with E-state index in [1.165, 1.54) is 16.7 Å². The number of halogens is 1. The maximum Gasteiger partial charge on any atom is 0.270 e. The van der Waals surface area contributed by atoms with Crippen LogP contribution < -0.4 is 10.5 Å². The van der Waals surface area contributed by atoms with E-state index in [0.29, 0.717) is 50.8 Å². The van der Waals surface area contributed by atoms with E-state index >= 15 is 0 Å². The molecule has 0 bridgehead atoms. The van der Waals surface area contributed by atoms with Crippen LogP contribution in [0.2, 0.25) is 5.02 Å². The summed E-state index contributed by atoms with van der Waals surface area (Å²) in [5, 5.41) is 10.4. The molecule has 0 N–H and O–H groups in total. The maximum absolute atomic E-state index is 13.5. The number of morpholine rings is 1. The summed E-state index contributed by atoms with van der Waals surface area (Å²) in [4.78, 5) is 31.0. The second kappa shape index (κ2) is 11.4. The molecule has 0 saturated carbocycles. The van der Waals surface area contributed by atoms with Crippen LogP contribution in [0.15, 0.2) is 34.0 Å². The highest BCUT2D eigenvalue weighted by Crippen LogP contribution is 2.37. The fraction of sp³-hybridized carbons (Fsp3) is 0.407. The number of nitrogens with zero attached hydrogens (tertiary/aromatic N) is 4. The molecule has 0 spiro atoms. The zero-order valence-electron chi connectivity index (χ0n) is 21.3. The molecule has 2 aliphatic rings. The topological polar surface area (TPSA) is 78.6 Å². The molecule has 10 heteroatoms. The summed E-state index contributed by atoms with van der Waals surface area (Å²) in [6, 6.07) is 9.45. The SMILES string of the molecule is CCCn1c(N2CC(C)OC(C)C2)c(C=C2SC(=S)N(Cc3ccccc3Cl)C2=O)c(C)c(C#N)c1=O. The first-order chi connectivity index (χ1) is 17.7. The minimum absolute atomic E-state index is 0.0356. The maximum atomic E-state index is 13.5. The zero-order chi connectivity index (χ0) is 26.9. The first-order valence-electron chi connectivity index (χ1n) is 12.2. The zero-order valence-corrected chi connectivity index (χ0v) is 23.7. The van der Waals surface area contributed by atoms with Crippen molar-refractivity contribution in [2.45, 2.75) is 59.4 Å². The Labute approximate surface area is 231 Å². The van der Waals surface area contributed by atoms with E-state index in [9.17, 15) is 14.9 Å². The average molecular weight is 557 g/mol. The van der Waals surface area contributed by atoms with Crippen molar-refractivity contribution in [3.8, 4) is 6.07 Å². The van der Waals surface area contributed by atoms with Crippen molar-refractivity contribution in [2.75, 3.05) is 18.0 Å². The van der Waals surface area contributed by atoms with Crippen LogP contribution in [-0.4, -0.2) is 45.0 Å². The van der Waals surface area contributed by atoms with Crippen molar-refractivity contribution in [1.29, 1.82) is 5.26 Å². The number of nitriles is 1. The largest absolute Gasteiger partial charge is 0.372 e. The van der Waals surface area contributed by atoms with Gasteiger partial charge in [0.1, 0.15) is 21.8 Å². The molecule has 2 unspecified atom stereocenters. The summed E-state index contributed by atoms with van der Waals surface area (Å²) < 4.78 is 8.05. The molecule has 1 aromatic carbocycles. The monoisotopic (exact) mass is 556 g/mol. The fourth-order valence-corrected chi connectivity index (χ4v) is 6.26. The third kappa shape index (κ3) is 5.48. The van der Waals surface area contributed by atoms with Gasteiger partial charge in [0.05, 0.1) is 23.7 Å². The number of rotatable bonds is 6. The van der Waals surface area contributed by atoms with E-state index in [1.807, 2.05) is 39.0 Å². The molecule has 1 amide bonds. The smallest absolute Gasteiger partial charge is 0.270 e. The van der Waals surface area contributed by atoms with Gasteiger partial charge in [-0.05, 0) is 50.5 Å². The Morgan fingerprint density at radius 2 is 1.92 bits per heavy atom. The number of aromatic nitrogens is 1. The standard InChI is InChI=1S/C27H29ClN4O3S2/c1-5-10-31-24(30-13-16(2)35-17(3)14-30)20(18(4)21(12-29)25(31)33)11-23-26(34)32(27(36)37-23)15-19-8-6-7-9-22(19)28/h6-9,11,16-17H,5,10,13-15H2,1-4H3. The molecular weight excluding hydrogens is 528 g/mol. The molecule has 2 atom stereocenters. The van der Waals surface area contributed by atoms with Crippen molar-refractivity contribution in [1.82, 2.24) is 9.47 Å². The predicted octanol–water partition coefficient (Wildman–Crippen LogP) is 5.11. The van der Waals surface area contributed by atoms with Crippen LogP contribution in [0.25, 0.3) is 6.08 Å². The van der Waals surface area contributed by atoms with Crippen molar-refractivity contribution in [3.63, 3.8) is 0 Å². The van der Waals surface area contributed by atoms with Crippen LogP contribution in [0.3, 0.4) is 0 Å². The van der Waals surface area contributed by atoms with E-state index in [1.54, 1.807) is 23.6 Å². The van der Waals surface area contributed by atoms with Crippen LogP contribution >= 0.6 is 35.6 Å². The van der Waals surface area contributed by atoms with Crippen LogP contribution in [0.1, 0.15) is 49.4 Å². The summed E-state index contributed by atoms with van der Waals surface area (Å²) in [6.45, 7) is 9.67. The van der Waals surface area contributed by atoms with E-state index in [0.717, 1.165) is 12.0 Å². The molecule has 194 valence electrons. The highest BCUT2D eigenvalue weighted by molar-refractivity contribution is 8.26. The van der Waals surface area contributed by atoms with Gasteiger partial charge < -0.3 is 9.64 Å². The fourth-order valence-electron chi connectivity index (χ4n) is 4.83. The molecule has 1 aromatic heterocycles. The number of hydrogen-bond donors (Lipinski definition) is 0. The minimum Gasteiger partial charge on any atom is -0.372 e. The predicted molar refractivity (Wildman–Crippen MR) is 153 cm³/mol. The number of hydrogen-bond acceptors (Lipinski definition) is 7. The van der Waals surface area contributed by atoms with Gasteiger partial charge in [-0.2, -0.15) is 5.26 Å². The van der Waals surface area contributed by atoms with Crippen LogP contribution in [0.4, 0.5) is 5.82 Å². The molecule has 2 fully saturated rings. The number of pyridine rings is 1. The quantitative estimate of drug-likeness (QED) is 0.361. The molecule has 2 saturated heterocycles. The second-order valence-electron chi connectivity index (χ2n) is 9.33. The summed E-state index contributed by atoms with van der Waals surface area (Å²) in [7, 11) is 0. The number of carbonyl (C=O) groups excluding carboxylic acids is 1. The number of thiocarbonyl (C=S) groups is 1. The lowest BCUT2D eigenvalue weighted by atomic mass is 10.0. The lowest BCUT2D eigenvalue weighted by Crippen LogP contribution is -2.48. The van der Waals surface area contributed by atoms with E-state index in [2.05, 4.69) is 11.0 Å². The van der Waals surface area contributed by atoms with Gasteiger partial charge in [0.2, 0.25) is 0 Å². The highest BCUT2D eigenvalue weighted by atomic mass is 35.5. The van der Waals surface area contributed by atoms with Gasteiger partial charge in [0.15, 0.2) is 0 Å². The molecule has 0 radical (unpaired) electrons. The normalized spacial score (nSPS) is 21.1. The van der Waals surface area contributed by atoms with Crippen LogP contribution in [0.5, 0.6) is 0 Å². The first-order valence-corrected chi connectivity index (χ1v) is 13.8. The Balaban J connectivity index is 1.84. The van der Waals surface area contributed by atoms with Gasteiger partial charge in [-0.1, -0.05) is 60.7 Å². The Bertz CT molecular complexity index is 1370. The van der Waals surface area contributed by atoms with E-state index in [4.69, 9.17) is 28.6 Å². The van der Waals surface area contributed by atoms with Gasteiger partial charge >= 0.3 is 0 Å². The molecule has 0 aliphatic carbocycles. The number of amides is 1. The molecule has 37 heavy (non-hydrogen) atoms. The van der Waals surface area contributed by atoms with Crippen molar-refractivity contribution < 1.29 is 9.53 Å². The Hall–Kier alpha value is -2.64. The average Bonchev–Trinajstić information content (AvgIpc) is 3.10. The van der Waals surface area contributed by atoms with Crippen molar-refractivity contribution >= 4 is 57.7 Å². The van der Waals surface area contributed by atoms with E-state index in [-0.39, 0.29) is 35.8 Å². The van der Waals surface area contributed by atoms with Gasteiger partial charge in [0.25, 0.3) is 11.5 Å². The Morgan fingerprint density at radius 3 is 2.54 bits per heavy atom. The van der Waals surface area contributed by atoms with Gasteiger partial charge in [-0.25, -0.2) is 0 Å². The molecule has 2 aliphatic heterocycles. The lowest BCUT2D eigenvalue weighted by Gasteiger charge is -2.39. The van der Waals surface area contributed by atoms with Gasteiger partial charge in [-0.15, -0.1) is 0 Å². The van der Waals surface area contributed by atoms with Gasteiger partial charge in [0, 0.05) is 30.2 Å². The Kier molecular flexibility index (Phi) is 8.44. The third-order valence-electron chi connectivity index (χ3n) is 6.45. The highest BCUT2D eigenvalue weighted by Gasteiger charge is 2.34. The van der Waals surface area contributed by atoms with Crippen molar-refractivity contribution in [3.05, 3.63) is 66.8 Å². The van der Waals surface area contributed by atoms with Gasteiger partial charge in [-0.3, -0.25) is 19.1 Å². The summed E-state index contributed by atoms with van der Waals surface area (Å²) in [5.41, 5.74) is 1.82. The number of benzene rings is 1.